The van der Waals surface area contributed by atoms with Crippen LogP contribution in [0.4, 0.5) is 0 Å². The Hall–Kier alpha value is -2.49. The van der Waals surface area contributed by atoms with Crippen LogP contribution in [0.3, 0.4) is 0 Å². The van der Waals surface area contributed by atoms with E-state index in [1.807, 2.05) is 0 Å². The SMILES string of the molecule is CC(C)(C)c1cc(CCCNC(=O)c2ccccc2O)cc(C(C)(C)C)c1O. The van der Waals surface area contributed by atoms with E-state index < -0.39 is 0 Å². The van der Waals surface area contributed by atoms with E-state index in [0.717, 1.165) is 29.5 Å². The molecule has 0 unspecified atom stereocenters. The number of nitrogens with one attached hydrogen (secondary N) is 1. The first-order valence-corrected chi connectivity index (χ1v) is 9.84. The monoisotopic (exact) mass is 383 g/mol. The highest BCUT2D eigenvalue weighted by atomic mass is 16.3. The molecule has 2 aromatic carbocycles. The van der Waals surface area contributed by atoms with Gasteiger partial charge in [0.1, 0.15) is 11.5 Å². The maximum absolute atomic E-state index is 12.2. The van der Waals surface area contributed by atoms with Crippen LogP contribution in [-0.2, 0) is 17.3 Å². The van der Waals surface area contributed by atoms with E-state index in [1.54, 1.807) is 18.2 Å². The smallest absolute Gasteiger partial charge is 0.255 e. The van der Waals surface area contributed by atoms with Crippen molar-refractivity contribution in [3.8, 4) is 11.5 Å². The van der Waals surface area contributed by atoms with Crippen LogP contribution in [-0.4, -0.2) is 22.7 Å². The van der Waals surface area contributed by atoms with E-state index in [2.05, 4.69) is 59.0 Å². The summed E-state index contributed by atoms with van der Waals surface area (Å²) in [5.74, 6) is 0.106. The molecule has 0 radical (unpaired) electrons. The lowest BCUT2D eigenvalue weighted by atomic mass is 9.78. The molecule has 0 spiro atoms. The lowest BCUT2D eigenvalue weighted by Gasteiger charge is -2.28. The fourth-order valence-corrected chi connectivity index (χ4v) is 3.24. The predicted octanol–water partition coefficient (Wildman–Crippen LogP) is 5.06. The second kappa shape index (κ2) is 8.26. The molecular formula is C24H33NO3. The molecule has 2 aromatic rings. The molecule has 0 aliphatic heterocycles. The van der Waals surface area contributed by atoms with Crippen molar-refractivity contribution < 1.29 is 15.0 Å². The third-order valence-electron chi connectivity index (χ3n) is 4.86. The van der Waals surface area contributed by atoms with E-state index in [1.165, 1.54) is 6.07 Å². The number of para-hydroxylation sites is 1. The molecule has 0 saturated heterocycles. The first-order chi connectivity index (χ1) is 12.9. The Morgan fingerprint density at radius 3 is 1.96 bits per heavy atom. The number of phenols is 2. The van der Waals surface area contributed by atoms with Gasteiger partial charge in [0.05, 0.1) is 5.56 Å². The molecule has 0 fully saturated rings. The standard InChI is InChI=1S/C24H33NO3/c1-23(2,3)18-14-16(15-19(21(18)27)24(4,5)6)10-9-13-25-22(28)17-11-7-8-12-20(17)26/h7-8,11-12,14-15,26-27H,9-10,13H2,1-6H3,(H,25,28). The summed E-state index contributed by atoms with van der Waals surface area (Å²) < 4.78 is 0. The number of hydrogen-bond donors (Lipinski definition) is 3. The van der Waals surface area contributed by atoms with Gasteiger partial charge in [-0.1, -0.05) is 65.8 Å². The van der Waals surface area contributed by atoms with E-state index in [9.17, 15) is 15.0 Å². The van der Waals surface area contributed by atoms with E-state index in [4.69, 9.17) is 0 Å². The first kappa shape index (κ1) is 21.8. The molecular weight excluding hydrogens is 350 g/mol. The van der Waals surface area contributed by atoms with Crippen LogP contribution in [0.5, 0.6) is 11.5 Å². The van der Waals surface area contributed by atoms with Crippen molar-refractivity contribution in [2.24, 2.45) is 0 Å². The zero-order chi connectivity index (χ0) is 21.1. The van der Waals surface area contributed by atoms with Crippen molar-refractivity contribution in [2.45, 2.75) is 65.2 Å². The molecule has 0 saturated carbocycles. The minimum absolute atomic E-state index is 0.0110. The Bertz CT molecular complexity index is 807. The largest absolute Gasteiger partial charge is 0.507 e. The third kappa shape index (κ3) is 5.28. The number of benzene rings is 2. The molecule has 0 bridgehead atoms. The average molecular weight is 384 g/mol. The summed E-state index contributed by atoms with van der Waals surface area (Å²) in [5.41, 5.74) is 3.04. The van der Waals surface area contributed by atoms with E-state index in [-0.39, 0.29) is 28.1 Å². The predicted molar refractivity (Wildman–Crippen MR) is 114 cm³/mol. The fraction of sp³-hybridized carbons (Fsp3) is 0.458. The van der Waals surface area contributed by atoms with Crippen LogP contribution in [0.1, 0.15) is 75.0 Å². The number of amides is 1. The molecule has 0 aliphatic carbocycles. The van der Waals surface area contributed by atoms with Crippen LogP contribution in [0, 0.1) is 0 Å². The number of carbonyl (C=O) groups is 1. The maximum atomic E-state index is 12.2. The molecule has 152 valence electrons. The second-order valence-corrected chi connectivity index (χ2v) is 9.42. The lowest BCUT2D eigenvalue weighted by molar-refractivity contribution is 0.0950. The normalized spacial score (nSPS) is 12.1. The Labute approximate surface area is 168 Å². The van der Waals surface area contributed by atoms with Crippen molar-refractivity contribution in [3.63, 3.8) is 0 Å². The quantitative estimate of drug-likeness (QED) is 0.632. The molecule has 4 nitrogen and oxygen atoms in total. The van der Waals surface area contributed by atoms with Gasteiger partial charge < -0.3 is 15.5 Å². The van der Waals surface area contributed by atoms with E-state index in [0.29, 0.717) is 12.3 Å². The number of hydrogen-bond acceptors (Lipinski definition) is 3. The Kier molecular flexibility index (Phi) is 6.43. The van der Waals surface area contributed by atoms with Crippen LogP contribution in [0.15, 0.2) is 36.4 Å². The molecule has 3 N–H and O–H groups in total. The van der Waals surface area contributed by atoms with Gasteiger partial charge in [0, 0.05) is 6.54 Å². The Balaban J connectivity index is 2.10. The average Bonchev–Trinajstić information content (AvgIpc) is 2.58. The molecule has 4 heteroatoms. The fourth-order valence-electron chi connectivity index (χ4n) is 3.24. The maximum Gasteiger partial charge on any atom is 0.255 e. The van der Waals surface area contributed by atoms with Crippen molar-refractivity contribution in [2.75, 3.05) is 6.54 Å². The zero-order valence-corrected chi connectivity index (χ0v) is 17.9. The summed E-state index contributed by atoms with van der Waals surface area (Å²) in [6.07, 6.45) is 1.57. The summed E-state index contributed by atoms with van der Waals surface area (Å²) in [5, 5.41) is 23.4. The van der Waals surface area contributed by atoms with Gasteiger partial charge >= 0.3 is 0 Å². The molecule has 0 aliphatic rings. The van der Waals surface area contributed by atoms with Gasteiger partial charge in [-0.05, 0) is 52.5 Å². The van der Waals surface area contributed by atoms with Crippen LogP contribution >= 0.6 is 0 Å². The van der Waals surface area contributed by atoms with Gasteiger partial charge in [0.25, 0.3) is 5.91 Å². The van der Waals surface area contributed by atoms with Crippen LogP contribution in [0.25, 0.3) is 0 Å². The summed E-state index contributed by atoms with van der Waals surface area (Å²) in [4.78, 5) is 12.2. The second-order valence-electron chi connectivity index (χ2n) is 9.42. The van der Waals surface area contributed by atoms with Gasteiger partial charge in [-0.2, -0.15) is 0 Å². The topological polar surface area (TPSA) is 69.6 Å². The van der Waals surface area contributed by atoms with Gasteiger partial charge in [-0.15, -0.1) is 0 Å². The van der Waals surface area contributed by atoms with Gasteiger partial charge in [0.15, 0.2) is 0 Å². The highest BCUT2D eigenvalue weighted by Crippen LogP contribution is 2.39. The first-order valence-electron chi connectivity index (χ1n) is 9.84. The van der Waals surface area contributed by atoms with Crippen molar-refractivity contribution in [1.29, 1.82) is 0 Å². The van der Waals surface area contributed by atoms with Crippen LogP contribution < -0.4 is 5.32 Å². The minimum Gasteiger partial charge on any atom is -0.507 e. The minimum atomic E-state index is -0.269. The molecule has 0 atom stereocenters. The van der Waals surface area contributed by atoms with Gasteiger partial charge in [-0.3, -0.25) is 4.79 Å². The molecule has 1 amide bonds. The Morgan fingerprint density at radius 2 is 1.46 bits per heavy atom. The van der Waals surface area contributed by atoms with Crippen molar-refractivity contribution >= 4 is 5.91 Å². The highest BCUT2D eigenvalue weighted by molar-refractivity contribution is 5.96. The zero-order valence-electron chi connectivity index (χ0n) is 17.9. The number of aryl methyl sites for hydroxylation is 1. The highest BCUT2D eigenvalue weighted by Gasteiger charge is 2.26. The van der Waals surface area contributed by atoms with Crippen LogP contribution in [0.2, 0.25) is 0 Å². The van der Waals surface area contributed by atoms with Gasteiger partial charge in [-0.25, -0.2) is 0 Å². The Morgan fingerprint density at radius 1 is 0.929 bits per heavy atom. The molecule has 0 aromatic heterocycles. The third-order valence-corrected chi connectivity index (χ3v) is 4.86. The molecule has 2 rings (SSSR count). The molecule has 28 heavy (non-hydrogen) atoms. The van der Waals surface area contributed by atoms with E-state index >= 15 is 0 Å². The number of phenolic OH excluding ortho intramolecular Hbond substituents is 2. The van der Waals surface area contributed by atoms with Gasteiger partial charge in [0.2, 0.25) is 0 Å². The van der Waals surface area contributed by atoms with Crippen molar-refractivity contribution in [3.05, 3.63) is 58.7 Å². The number of rotatable bonds is 5. The molecule has 0 heterocycles. The summed E-state index contributed by atoms with van der Waals surface area (Å²) in [6, 6.07) is 10.7. The summed E-state index contributed by atoms with van der Waals surface area (Å²) in [7, 11) is 0. The lowest BCUT2D eigenvalue weighted by Crippen LogP contribution is -2.25. The van der Waals surface area contributed by atoms with Crippen molar-refractivity contribution in [1.82, 2.24) is 5.32 Å². The number of aromatic hydroxyl groups is 2. The summed E-state index contributed by atoms with van der Waals surface area (Å²) in [6.45, 7) is 13.1. The summed E-state index contributed by atoms with van der Waals surface area (Å²) >= 11 is 0. The number of carbonyl (C=O) groups excluding carboxylic acids is 1.